The third-order valence-electron chi connectivity index (χ3n) is 1.94. The summed E-state index contributed by atoms with van der Waals surface area (Å²) < 4.78 is 38.3. The molecule has 0 aliphatic heterocycles. The fourth-order valence-corrected chi connectivity index (χ4v) is 1.63. The average Bonchev–Trinajstić information content (AvgIpc) is 2.18. The molecule has 1 rings (SSSR count). The zero-order valence-electron chi connectivity index (χ0n) is 8.22. The minimum Gasteiger partial charge on any atom is -0.314 e. The van der Waals surface area contributed by atoms with E-state index in [1.54, 1.807) is 6.08 Å². The molecule has 0 aromatic carbocycles. The van der Waals surface area contributed by atoms with Gasteiger partial charge in [-0.15, -0.1) is 6.58 Å². The molecule has 0 unspecified atom stereocenters. The van der Waals surface area contributed by atoms with Crippen molar-refractivity contribution in [1.29, 1.82) is 0 Å². The van der Waals surface area contributed by atoms with E-state index in [1.165, 1.54) is 0 Å². The van der Waals surface area contributed by atoms with Crippen LogP contribution in [0.4, 0.5) is 13.2 Å². The van der Waals surface area contributed by atoms with Gasteiger partial charge >= 0.3 is 6.18 Å². The molecule has 0 aliphatic carbocycles. The minimum absolute atomic E-state index is 0.0913. The SMILES string of the molecule is C=CCCn1cc(C(F)(F)F)cc(Br)c1=O. The zero-order chi connectivity index (χ0) is 12.3. The second kappa shape index (κ2) is 4.86. The number of aromatic nitrogens is 1. The van der Waals surface area contributed by atoms with Crippen molar-refractivity contribution in [2.45, 2.75) is 19.1 Å². The Morgan fingerprint density at radius 1 is 1.50 bits per heavy atom. The van der Waals surface area contributed by atoms with Crippen molar-refractivity contribution in [2.75, 3.05) is 0 Å². The van der Waals surface area contributed by atoms with E-state index in [1.807, 2.05) is 0 Å². The third kappa shape index (κ3) is 2.98. The number of hydrogen-bond acceptors (Lipinski definition) is 1. The van der Waals surface area contributed by atoms with E-state index in [0.29, 0.717) is 6.42 Å². The summed E-state index contributed by atoms with van der Waals surface area (Å²) in [7, 11) is 0. The number of halogens is 4. The first kappa shape index (κ1) is 13.0. The fraction of sp³-hybridized carbons (Fsp3) is 0.300. The van der Waals surface area contributed by atoms with Crippen molar-refractivity contribution < 1.29 is 13.2 Å². The maximum absolute atomic E-state index is 12.4. The highest BCUT2D eigenvalue weighted by molar-refractivity contribution is 9.10. The monoisotopic (exact) mass is 295 g/mol. The van der Waals surface area contributed by atoms with Crippen LogP contribution in [0.5, 0.6) is 0 Å². The molecule has 0 amide bonds. The van der Waals surface area contributed by atoms with Crippen molar-refractivity contribution in [1.82, 2.24) is 4.57 Å². The lowest BCUT2D eigenvalue weighted by Gasteiger charge is -2.11. The Labute approximate surface area is 98.5 Å². The standard InChI is InChI=1S/C10H9BrF3NO/c1-2-3-4-15-6-7(10(12,13)14)5-8(11)9(15)16/h2,5-6H,1,3-4H2. The maximum atomic E-state index is 12.4. The number of allylic oxidation sites excluding steroid dienone is 1. The van der Waals surface area contributed by atoms with Crippen LogP contribution in [-0.4, -0.2) is 4.57 Å². The summed E-state index contributed by atoms with van der Waals surface area (Å²) in [6.07, 6.45) is -1.66. The number of hydrogen-bond donors (Lipinski definition) is 0. The first-order chi connectivity index (χ1) is 7.36. The molecule has 1 aromatic rings. The van der Waals surface area contributed by atoms with Gasteiger partial charge in [0.25, 0.3) is 5.56 Å². The molecule has 0 fully saturated rings. The molecule has 1 aromatic heterocycles. The normalized spacial score (nSPS) is 11.5. The predicted molar refractivity (Wildman–Crippen MR) is 58.2 cm³/mol. The summed E-state index contributed by atoms with van der Waals surface area (Å²) in [4.78, 5) is 11.5. The Morgan fingerprint density at radius 2 is 2.12 bits per heavy atom. The van der Waals surface area contributed by atoms with E-state index in [2.05, 4.69) is 22.5 Å². The second-order valence-corrected chi connectivity index (χ2v) is 4.00. The smallest absolute Gasteiger partial charge is 0.314 e. The van der Waals surface area contributed by atoms with Crippen LogP contribution < -0.4 is 5.56 Å². The van der Waals surface area contributed by atoms with E-state index in [0.717, 1.165) is 16.8 Å². The molecule has 88 valence electrons. The molecule has 0 aliphatic rings. The average molecular weight is 296 g/mol. The molecule has 0 spiro atoms. The van der Waals surface area contributed by atoms with Gasteiger partial charge < -0.3 is 4.57 Å². The molecule has 2 nitrogen and oxygen atoms in total. The second-order valence-electron chi connectivity index (χ2n) is 3.15. The minimum atomic E-state index is -4.45. The first-order valence-electron chi connectivity index (χ1n) is 4.44. The van der Waals surface area contributed by atoms with Gasteiger partial charge in [0.2, 0.25) is 0 Å². The predicted octanol–water partition coefficient (Wildman–Crippen LogP) is 3.21. The summed E-state index contributed by atoms with van der Waals surface area (Å²) >= 11 is 2.82. The van der Waals surface area contributed by atoms with Crippen LogP contribution >= 0.6 is 15.9 Å². The molecule has 16 heavy (non-hydrogen) atoms. The van der Waals surface area contributed by atoms with Crippen LogP contribution in [-0.2, 0) is 12.7 Å². The third-order valence-corrected chi connectivity index (χ3v) is 2.51. The summed E-state index contributed by atoms with van der Waals surface area (Å²) in [5, 5.41) is 0. The van der Waals surface area contributed by atoms with Crippen LogP contribution in [0, 0.1) is 0 Å². The summed E-state index contributed by atoms with van der Waals surface area (Å²) in [5.74, 6) is 0. The van der Waals surface area contributed by atoms with Crippen LogP contribution in [0.25, 0.3) is 0 Å². The van der Waals surface area contributed by atoms with E-state index in [4.69, 9.17) is 0 Å². The molecule has 0 radical (unpaired) electrons. The molecule has 6 heteroatoms. The van der Waals surface area contributed by atoms with Crippen LogP contribution in [0.15, 0.2) is 34.2 Å². The zero-order valence-corrected chi connectivity index (χ0v) is 9.81. The lowest BCUT2D eigenvalue weighted by Crippen LogP contribution is -2.23. The topological polar surface area (TPSA) is 22.0 Å². The fourth-order valence-electron chi connectivity index (χ4n) is 1.15. The Bertz CT molecular complexity index is 450. The van der Waals surface area contributed by atoms with Gasteiger partial charge in [0, 0.05) is 12.7 Å². The summed E-state index contributed by atoms with van der Waals surface area (Å²) in [6, 6.07) is 0.784. The van der Waals surface area contributed by atoms with E-state index >= 15 is 0 Å². The number of rotatable bonds is 3. The highest BCUT2D eigenvalue weighted by Crippen LogP contribution is 2.29. The van der Waals surface area contributed by atoms with Gasteiger partial charge in [-0.2, -0.15) is 13.2 Å². The molecular formula is C10H9BrF3NO. The van der Waals surface area contributed by atoms with E-state index in [9.17, 15) is 18.0 Å². The Morgan fingerprint density at radius 3 is 2.62 bits per heavy atom. The number of nitrogens with zero attached hydrogens (tertiary/aromatic N) is 1. The van der Waals surface area contributed by atoms with Crippen LogP contribution in [0.3, 0.4) is 0 Å². The Balaban J connectivity index is 3.22. The lowest BCUT2D eigenvalue weighted by molar-refractivity contribution is -0.138. The van der Waals surface area contributed by atoms with Gasteiger partial charge in [-0.1, -0.05) is 6.08 Å². The highest BCUT2D eigenvalue weighted by atomic mass is 79.9. The molecule has 0 atom stereocenters. The summed E-state index contributed by atoms with van der Waals surface area (Å²) in [6.45, 7) is 3.64. The van der Waals surface area contributed by atoms with Gasteiger partial charge in [-0.3, -0.25) is 4.79 Å². The molecule has 0 saturated heterocycles. The van der Waals surface area contributed by atoms with Crippen molar-refractivity contribution >= 4 is 15.9 Å². The lowest BCUT2D eigenvalue weighted by atomic mass is 10.2. The quantitative estimate of drug-likeness (QED) is 0.785. The Kier molecular flexibility index (Phi) is 3.96. The molecular weight excluding hydrogens is 287 g/mol. The van der Waals surface area contributed by atoms with Gasteiger partial charge in [-0.05, 0) is 28.4 Å². The van der Waals surface area contributed by atoms with Gasteiger partial charge in [0.15, 0.2) is 0 Å². The first-order valence-corrected chi connectivity index (χ1v) is 5.23. The molecule has 0 bridgehead atoms. The van der Waals surface area contributed by atoms with Gasteiger partial charge in [0.05, 0.1) is 10.0 Å². The Hall–Kier alpha value is -1.04. The maximum Gasteiger partial charge on any atom is 0.417 e. The van der Waals surface area contributed by atoms with Crippen molar-refractivity contribution in [3.63, 3.8) is 0 Å². The highest BCUT2D eigenvalue weighted by Gasteiger charge is 2.31. The molecule has 1 heterocycles. The van der Waals surface area contributed by atoms with Crippen molar-refractivity contribution in [3.8, 4) is 0 Å². The largest absolute Gasteiger partial charge is 0.417 e. The molecule has 0 N–H and O–H groups in total. The van der Waals surface area contributed by atoms with E-state index in [-0.39, 0.29) is 11.0 Å². The number of alkyl halides is 3. The van der Waals surface area contributed by atoms with Crippen molar-refractivity contribution in [3.05, 3.63) is 45.3 Å². The van der Waals surface area contributed by atoms with Crippen molar-refractivity contribution in [2.24, 2.45) is 0 Å². The van der Waals surface area contributed by atoms with E-state index < -0.39 is 17.3 Å². The number of aryl methyl sites for hydroxylation is 1. The van der Waals surface area contributed by atoms with Gasteiger partial charge in [-0.25, -0.2) is 0 Å². The van der Waals surface area contributed by atoms with Gasteiger partial charge in [0.1, 0.15) is 0 Å². The number of pyridine rings is 1. The van der Waals surface area contributed by atoms with Crippen LogP contribution in [0.2, 0.25) is 0 Å². The van der Waals surface area contributed by atoms with Crippen LogP contribution in [0.1, 0.15) is 12.0 Å². The summed E-state index contributed by atoms with van der Waals surface area (Å²) in [5.41, 5.74) is -1.32. The molecule has 0 saturated carbocycles.